The molecule has 0 rings (SSSR count). The fourth-order valence-electron chi connectivity index (χ4n) is 0.824. The molecule has 0 N–H and O–H groups in total. The van der Waals surface area contributed by atoms with Crippen LogP contribution in [0.4, 0.5) is 0 Å². The summed E-state index contributed by atoms with van der Waals surface area (Å²) in [5.74, 6) is 0. The molecule has 0 aliphatic heterocycles. The van der Waals surface area contributed by atoms with Crippen molar-refractivity contribution in [3.05, 3.63) is 7.05 Å². The second-order valence-corrected chi connectivity index (χ2v) is 3.69. The summed E-state index contributed by atoms with van der Waals surface area (Å²) in [5.41, 5.74) is 0. The quantitative estimate of drug-likeness (QED) is 0.322. The molecule has 0 aromatic rings. The van der Waals surface area contributed by atoms with E-state index in [4.69, 9.17) is 0 Å². The predicted octanol–water partition coefficient (Wildman–Crippen LogP) is -2.79. The van der Waals surface area contributed by atoms with E-state index in [0.29, 0.717) is 0 Å². The molecule has 0 heterocycles. The van der Waals surface area contributed by atoms with Crippen LogP contribution < -0.4 is 18.9 Å². The Morgan fingerprint density at radius 3 is 1.69 bits per heavy atom. The summed E-state index contributed by atoms with van der Waals surface area (Å²) in [6.07, 6.45) is 0. The molecule has 0 spiro atoms. The minimum atomic E-state index is 0. The van der Waals surface area contributed by atoms with Crippen LogP contribution in [0, 0.1) is 7.05 Å². The second-order valence-electron chi connectivity index (χ2n) is 3.69. The van der Waals surface area contributed by atoms with Crippen LogP contribution in [0.25, 0.3) is 0 Å². The number of nitrogens with zero attached hydrogens (tertiary/aromatic N) is 3. The van der Waals surface area contributed by atoms with Crippen LogP contribution >= 0.6 is 0 Å². The van der Waals surface area contributed by atoms with E-state index in [1.54, 1.807) is 0 Å². The fraction of sp³-hybridized carbons (Fsp3) is 0.889. The third kappa shape index (κ3) is 12.5. The van der Waals surface area contributed by atoms with Crippen molar-refractivity contribution < 1.29 is 18.9 Å². The van der Waals surface area contributed by atoms with E-state index in [1.165, 1.54) is 0 Å². The molecule has 0 fully saturated rings. The van der Waals surface area contributed by atoms with Crippen molar-refractivity contribution in [3.8, 4) is 0 Å². The van der Waals surface area contributed by atoms with Crippen LogP contribution in [0.15, 0.2) is 0 Å². The standard InChI is InChI=1S/C9H22N3.Li/c1-10(2)6-8-12(5)9-7-11(3)4;/h1,6-9H2,2-5H3;/q-1;+1. The normalized spacial score (nSPS) is 11.1. The van der Waals surface area contributed by atoms with Gasteiger partial charge in [0.2, 0.25) is 0 Å². The molecule has 0 aliphatic rings. The largest absolute Gasteiger partial charge is 1.00 e. The van der Waals surface area contributed by atoms with Crippen molar-refractivity contribution in [2.75, 3.05) is 54.4 Å². The summed E-state index contributed by atoms with van der Waals surface area (Å²) in [6.45, 7) is 4.37. The van der Waals surface area contributed by atoms with Crippen LogP contribution in [0.2, 0.25) is 0 Å². The van der Waals surface area contributed by atoms with E-state index in [-0.39, 0.29) is 18.9 Å². The molecule has 13 heavy (non-hydrogen) atoms. The van der Waals surface area contributed by atoms with Gasteiger partial charge in [-0.3, -0.25) is 7.05 Å². The van der Waals surface area contributed by atoms with Gasteiger partial charge in [-0.2, -0.15) is 0 Å². The molecule has 0 saturated heterocycles. The summed E-state index contributed by atoms with van der Waals surface area (Å²) >= 11 is 0. The van der Waals surface area contributed by atoms with Gasteiger partial charge in [-0.1, -0.05) is 0 Å². The Morgan fingerprint density at radius 2 is 1.31 bits per heavy atom. The Morgan fingerprint density at radius 1 is 0.846 bits per heavy atom. The van der Waals surface area contributed by atoms with E-state index < -0.39 is 0 Å². The maximum atomic E-state index is 3.80. The molecule has 3 nitrogen and oxygen atoms in total. The van der Waals surface area contributed by atoms with E-state index >= 15 is 0 Å². The zero-order chi connectivity index (χ0) is 9.56. The minimum absolute atomic E-state index is 0. The van der Waals surface area contributed by atoms with Gasteiger partial charge in [0.15, 0.2) is 0 Å². The van der Waals surface area contributed by atoms with Crippen LogP contribution in [0.5, 0.6) is 0 Å². The Bertz CT molecular complexity index is 95.0. The first-order valence-corrected chi connectivity index (χ1v) is 4.37. The Hall–Kier alpha value is 0.477. The molecule has 0 atom stereocenters. The third-order valence-corrected chi connectivity index (χ3v) is 1.79. The molecule has 0 unspecified atom stereocenters. The van der Waals surface area contributed by atoms with Crippen LogP contribution in [0.3, 0.4) is 0 Å². The van der Waals surface area contributed by atoms with Crippen molar-refractivity contribution in [1.29, 1.82) is 0 Å². The zero-order valence-corrected chi connectivity index (χ0v) is 9.88. The molecule has 0 radical (unpaired) electrons. The minimum Gasteiger partial charge on any atom is -0.461 e. The molecule has 0 amide bonds. The molecule has 74 valence electrons. The van der Waals surface area contributed by atoms with Crippen LogP contribution in [-0.2, 0) is 0 Å². The zero-order valence-electron chi connectivity index (χ0n) is 9.88. The molecular weight excluding hydrogens is 157 g/mol. The molecule has 0 aromatic carbocycles. The summed E-state index contributed by atoms with van der Waals surface area (Å²) in [5, 5.41) is 0. The monoisotopic (exact) mass is 179 g/mol. The smallest absolute Gasteiger partial charge is 0.461 e. The maximum Gasteiger partial charge on any atom is 1.00 e. The molecule has 0 aliphatic carbocycles. The molecule has 0 bridgehead atoms. The van der Waals surface area contributed by atoms with E-state index in [0.717, 1.165) is 26.2 Å². The number of likely N-dealkylation sites (N-methyl/N-ethyl adjacent to an activating group) is 3. The Balaban J connectivity index is 0. The van der Waals surface area contributed by atoms with Gasteiger partial charge in [-0.05, 0) is 34.7 Å². The molecular formula is C9H22LiN3. The summed E-state index contributed by atoms with van der Waals surface area (Å²) in [4.78, 5) is 6.48. The van der Waals surface area contributed by atoms with Crippen molar-refractivity contribution in [2.45, 2.75) is 0 Å². The van der Waals surface area contributed by atoms with Crippen molar-refractivity contribution in [2.24, 2.45) is 0 Å². The maximum absolute atomic E-state index is 3.80. The van der Waals surface area contributed by atoms with Gasteiger partial charge in [-0.25, -0.2) is 0 Å². The molecule has 0 aromatic heterocycles. The van der Waals surface area contributed by atoms with Gasteiger partial charge in [0.05, 0.1) is 0 Å². The van der Waals surface area contributed by atoms with Gasteiger partial charge in [-0.15, -0.1) is 0 Å². The first kappa shape index (κ1) is 15.9. The number of hydrogen-bond acceptors (Lipinski definition) is 3. The molecule has 0 saturated carbocycles. The summed E-state index contributed by atoms with van der Waals surface area (Å²) < 4.78 is 0. The Labute approximate surface area is 95.2 Å². The van der Waals surface area contributed by atoms with Crippen LogP contribution in [-0.4, -0.2) is 69.1 Å². The fourth-order valence-corrected chi connectivity index (χ4v) is 0.824. The van der Waals surface area contributed by atoms with Gasteiger partial charge >= 0.3 is 18.9 Å². The van der Waals surface area contributed by atoms with E-state index in [1.807, 2.05) is 11.9 Å². The van der Waals surface area contributed by atoms with Crippen LogP contribution in [0.1, 0.15) is 0 Å². The Kier molecular flexibility index (Phi) is 11.1. The van der Waals surface area contributed by atoms with Crippen molar-refractivity contribution in [1.82, 2.24) is 14.7 Å². The summed E-state index contributed by atoms with van der Waals surface area (Å²) in [7, 11) is 12.1. The topological polar surface area (TPSA) is 9.72 Å². The number of rotatable bonds is 6. The van der Waals surface area contributed by atoms with E-state index in [9.17, 15) is 0 Å². The number of hydrogen-bond donors (Lipinski definition) is 0. The molecule has 4 heteroatoms. The van der Waals surface area contributed by atoms with Gasteiger partial charge in [0.25, 0.3) is 0 Å². The average molecular weight is 179 g/mol. The van der Waals surface area contributed by atoms with Gasteiger partial charge in [0, 0.05) is 19.6 Å². The average Bonchev–Trinajstić information content (AvgIpc) is 1.96. The second kappa shape index (κ2) is 9.05. The first-order chi connectivity index (χ1) is 5.52. The van der Waals surface area contributed by atoms with Crippen molar-refractivity contribution in [3.63, 3.8) is 0 Å². The predicted molar refractivity (Wildman–Crippen MR) is 54.0 cm³/mol. The van der Waals surface area contributed by atoms with E-state index in [2.05, 4.69) is 38.0 Å². The van der Waals surface area contributed by atoms with Gasteiger partial charge < -0.3 is 14.7 Å². The third-order valence-electron chi connectivity index (χ3n) is 1.79. The first-order valence-electron chi connectivity index (χ1n) is 4.37. The summed E-state index contributed by atoms with van der Waals surface area (Å²) in [6, 6.07) is 0. The SMILES string of the molecule is [CH2-]N(C)CCN(C)CCN(C)C.[Li+]. The van der Waals surface area contributed by atoms with Crippen molar-refractivity contribution >= 4 is 0 Å². The van der Waals surface area contributed by atoms with Gasteiger partial charge in [0.1, 0.15) is 0 Å².